The van der Waals surface area contributed by atoms with E-state index in [0.29, 0.717) is 24.6 Å². The molecule has 104 valence electrons. The molecule has 0 saturated heterocycles. The number of H-pyrrole nitrogens is 1. The van der Waals surface area contributed by atoms with Crippen LogP contribution < -0.4 is 4.72 Å². The van der Waals surface area contributed by atoms with E-state index in [1.54, 1.807) is 0 Å². The average molecular weight is 275 g/mol. The van der Waals surface area contributed by atoms with Crippen molar-refractivity contribution in [2.45, 2.75) is 44.7 Å². The molecule has 6 nitrogen and oxygen atoms in total. The number of rotatable bonds is 7. The van der Waals surface area contributed by atoms with Crippen LogP contribution in [-0.4, -0.2) is 36.1 Å². The van der Waals surface area contributed by atoms with Crippen LogP contribution in [0.5, 0.6) is 0 Å². The van der Waals surface area contributed by atoms with Crippen molar-refractivity contribution < 1.29 is 13.5 Å². The minimum Gasteiger partial charge on any atom is -0.395 e. The molecule has 0 aliphatic carbocycles. The first kappa shape index (κ1) is 15.1. The highest BCUT2D eigenvalue weighted by molar-refractivity contribution is 7.89. The van der Waals surface area contributed by atoms with E-state index >= 15 is 0 Å². The van der Waals surface area contributed by atoms with Crippen LogP contribution >= 0.6 is 0 Å². The Morgan fingerprint density at radius 2 is 2.17 bits per heavy atom. The van der Waals surface area contributed by atoms with E-state index in [4.69, 9.17) is 0 Å². The van der Waals surface area contributed by atoms with Crippen molar-refractivity contribution in [1.82, 2.24) is 14.7 Å². The quantitative estimate of drug-likeness (QED) is 0.681. The van der Waals surface area contributed by atoms with E-state index in [1.165, 1.54) is 6.20 Å². The molecular formula is C11H21N3O3S. The molecule has 3 N–H and O–H groups in total. The third-order valence-electron chi connectivity index (χ3n) is 2.53. The van der Waals surface area contributed by atoms with Crippen LogP contribution in [0.4, 0.5) is 0 Å². The third-order valence-corrected chi connectivity index (χ3v) is 3.96. The number of aromatic amines is 1. The minimum atomic E-state index is -3.63. The number of imidazole rings is 1. The van der Waals surface area contributed by atoms with E-state index in [1.807, 2.05) is 20.8 Å². The zero-order valence-corrected chi connectivity index (χ0v) is 11.8. The normalized spacial score (nSPS) is 14.1. The lowest BCUT2D eigenvalue weighted by atomic mass is 10.1. The van der Waals surface area contributed by atoms with Gasteiger partial charge in [0, 0.05) is 12.5 Å². The highest BCUT2D eigenvalue weighted by Crippen LogP contribution is 2.10. The fourth-order valence-corrected chi connectivity index (χ4v) is 2.85. The summed E-state index contributed by atoms with van der Waals surface area (Å²) in [5.41, 5.74) is 0. The maximum atomic E-state index is 12.0. The fourth-order valence-electron chi connectivity index (χ4n) is 1.67. The lowest BCUT2D eigenvalue weighted by Crippen LogP contribution is -2.38. The predicted octanol–water partition coefficient (Wildman–Crippen LogP) is 0.657. The van der Waals surface area contributed by atoms with E-state index in [2.05, 4.69) is 14.7 Å². The van der Waals surface area contributed by atoms with Gasteiger partial charge in [0.25, 0.3) is 10.0 Å². The number of aliphatic hydroxyl groups is 1. The van der Waals surface area contributed by atoms with Gasteiger partial charge >= 0.3 is 0 Å². The summed E-state index contributed by atoms with van der Waals surface area (Å²) >= 11 is 0. The Morgan fingerprint density at radius 1 is 1.50 bits per heavy atom. The van der Waals surface area contributed by atoms with Gasteiger partial charge in [-0.25, -0.2) is 18.1 Å². The summed E-state index contributed by atoms with van der Waals surface area (Å²) in [6, 6.07) is -0.469. The molecule has 0 spiro atoms. The Kier molecular flexibility index (Phi) is 5.30. The summed E-state index contributed by atoms with van der Waals surface area (Å²) < 4.78 is 26.5. The summed E-state index contributed by atoms with van der Waals surface area (Å²) in [5, 5.41) is 9.23. The van der Waals surface area contributed by atoms with Crippen LogP contribution in [0, 0.1) is 5.92 Å². The van der Waals surface area contributed by atoms with E-state index in [-0.39, 0.29) is 11.6 Å². The van der Waals surface area contributed by atoms with Crippen LogP contribution in [0.1, 0.15) is 33.0 Å². The molecule has 1 rings (SSSR count). The van der Waals surface area contributed by atoms with Crippen molar-refractivity contribution in [2.75, 3.05) is 6.61 Å². The van der Waals surface area contributed by atoms with Gasteiger partial charge in [0.15, 0.2) is 5.03 Å². The zero-order chi connectivity index (χ0) is 13.8. The molecule has 0 saturated carbocycles. The van der Waals surface area contributed by atoms with E-state index in [0.717, 1.165) is 0 Å². The first-order chi connectivity index (χ1) is 8.39. The molecule has 1 unspecified atom stereocenters. The van der Waals surface area contributed by atoms with Crippen LogP contribution in [0.2, 0.25) is 0 Å². The Labute approximate surface area is 108 Å². The van der Waals surface area contributed by atoms with E-state index < -0.39 is 16.1 Å². The standard InChI is InChI=1S/C11H21N3O3S/c1-4-10-12-6-11(13-10)18(16,17)14-9(7-15)5-8(2)3/h6,8-9,14-15H,4-5,7H2,1-3H3,(H,12,13). The van der Waals surface area contributed by atoms with Crippen molar-refractivity contribution >= 4 is 10.0 Å². The summed E-state index contributed by atoms with van der Waals surface area (Å²) in [7, 11) is -3.63. The topological polar surface area (TPSA) is 95.1 Å². The van der Waals surface area contributed by atoms with Crippen LogP contribution in [-0.2, 0) is 16.4 Å². The van der Waals surface area contributed by atoms with Crippen molar-refractivity contribution in [3.63, 3.8) is 0 Å². The number of hydrogen-bond donors (Lipinski definition) is 3. The molecule has 18 heavy (non-hydrogen) atoms. The lowest BCUT2D eigenvalue weighted by molar-refractivity contribution is 0.240. The Morgan fingerprint density at radius 3 is 2.61 bits per heavy atom. The smallest absolute Gasteiger partial charge is 0.257 e. The molecule has 0 aromatic carbocycles. The first-order valence-electron chi connectivity index (χ1n) is 6.06. The molecule has 7 heteroatoms. The summed E-state index contributed by atoms with van der Waals surface area (Å²) in [5.74, 6) is 0.928. The number of nitrogens with zero attached hydrogens (tertiary/aromatic N) is 1. The third kappa shape index (κ3) is 4.08. The Bertz CT molecular complexity index is 468. The molecule has 1 aromatic heterocycles. The predicted molar refractivity (Wildman–Crippen MR) is 68.6 cm³/mol. The maximum absolute atomic E-state index is 12.0. The number of sulfonamides is 1. The molecule has 1 aromatic rings. The van der Waals surface area contributed by atoms with Crippen molar-refractivity contribution in [1.29, 1.82) is 0 Å². The molecule has 1 heterocycles. The van der Waals surface area contributed by atoms with Gasteiger partial charge in [0.05, 0.1) is 12.8 Å². The number of hydrogen-bond acceptors (Lipinski definition) is 4. The second-order valence-corrected chi connectivity index (χ2v) is 6.36. The average Bonchev–Trinajstić information content (AvgIpc) is 2.76. The number of aromatic nitrogens is 2. The summed E-state index contributed by atoms with van der Waals surface area (Å²) in [4.78, 5) is 6.70. The second kappa shape index (κ2) is 6.31. The monoisotopic (exact) mass is 275 g/mol. The highest BCUT2D eigenvalue weighted by Gasteiger charge is 2.22. The van der Waals surface area contributed by atoms with Gasteiger partial charge in [0.2, 0.25) is 0 Å². The second-order valence-electron chi connectivity index (χ2n) is 4.68. The van der Waals surface area contributed by atoms with Gasteiger partial charge in [-0.2, -0.15) is 0 Å². The molecule has 0 amide bonds. The van der Waals surface area contributed by atoms with Gasteiger partial charge in [-0.05, 0) is 12.3 Å². The van der Waals surface area contributed by atoms with Crippen molar-refractivity contribution in [2.24, 2.45) is 5.92 Å². The van der Waals surface area contributed by atoms with E-state index in [9.17, 15) is 13.5 Å². The van der Waals surface area contributed by atoms with Crippen molar-refractivity contribution in [3.05, 3.63) is 12.0 Å². The lowest BCUT2D eigenvalue weighted by Gasteiger charge is -2.17. The number of aliphatic hydroxyl groups excluding tert-OH is 1. The SMILES string of the molecule is CCc1ncc(S(=O)(=O)NC(CO)CC(C)C)[nH]1. The Hall–Kier alpha value is -0.920. The largest absolute Gasteiger partial charge is 0.395 e. The fraction of sp³-hybridized carbons (Fsp3) is 0.727. The molecular weight excluding hydrogens is 254 g/mol. The zero-order valence-electron chi connectivity index (χ0n) is 11.0. The van der Waals surface area contributed by atoms with Gasteiger partial charge < -0.3 is 10.1 Å². The molecule has 0 bridgehead atoms. The van der Waals surface area contributed by atoms with Crippen LogP contribution in [0.3, 0.4) is 0 Å². The van der Waals surface area contributed by atoms with Gasteiger partial charge in [0.1, 0.15) is 5.82 Å². The minimum absolute atomic E-state index is 0.0431. The van der Waals surface area contributed by atoms with Gasteiger partial charge in [-0.15, -0.1) is 0 Å². The first-order valence-corrected chi connectivity index (χ1v) is 7.54. The molecule has 0 aliphatic rings. The molecule has 1 atom stereocenters. The molecule has 0 radical (unpaired) electrons. The summed E-state index contributed by atoms with van der Waals surface area (Å²) in [6.45, 7) is 5.62. The highest BCUT2D eigenvalue weighted by atomic mass is 32.2. The van der Waals surface area contributed by atoms with Gasteiger partial charge in [-0.3, -0.25) is 0 Å². The van der Waals surface area contributed by atoms with Crippen molar-refractivity contribution in [3.8, 4) is 0 Å². The maximum Gasteiger partial charge on any atom is 0.257 e. The number of nitrogens with one attached hydrogen (secondary N) is 2. The molecule has 0 aliphatic heterocycles. The van der Waals surface area contributed by atoms with Gasteiger partial charge in [-0.1, -0.05) is 20.8 Å². The van der Waals surface area contributed by atoms with Crippen LogP contribution in [0.25, 0.3) is 0 Å². The summed E-state index contributed by atoms with van der Waals surface area (Å²) in [6.07, 6.45) is 2.53. The Balaban J connectivity index is 2.80. The molecule has 0 fully saturated rings. The number of aryl methyl sites for hydroxylation is 1. The van der Waals surface area contributed by atoms with Crippen LogP contribution in [0.15, 0.2) is 11.2 Å².